The fourth-order valence-corrected chi connectivity index (χ4v) is 3.18. The largest absolute Gasteiger partial charge is 0.390 e. The summed E-state index contributed by atoms with van der Waals surface area (Å²) in [6.45, 7) is 9.72. The molecule has 2 aliphatic rings. The Labute approximate surface area is 117 Å². The van der Waals surface area contributed by atoms with Crippen molar-refractivity contribution >= 4 is 0 Å². The molecule has 2 fully saturated rings. The lowest BCUT2D eigenvalue weighted by Crippen LogP contribution is -2.46. The molecule has 0 aromatic heterocycles. The van der Waals surface area contributed by atoms with Gasteiger partial charge in [-0.15, -0.1) is 0 Å². The molecular weight excluding hydrogens is 240 g/mol. The minimum atomic E-state index is -0.257. The lowest BCUT2D eigenvalue weighted by molar-refractivity contribution is 0.0140. The maximum atomic E-state index is 10.1. The van der Waals surface area contributed by atoms with E-state index in [1.165, 1.54) is 19.3 Å². The van der Waals surface area contributed by atoms with E-state index in [-0.39, 0.29) is 6.10 Å². The third-order valence-electron chi connectivity index (χ3n) is 4.81. The standard InChI is InChI=1S/C15H30N2O2/c1-12-3-4-14(9-13(12)2)16-10-15(18)11-17-5-7-19-8-6-17/h12-16,18H,3-11H2,1-2H3. The third-order valence-corrected chi connectivity index (χ3v) is 4.81. The lowest BCUT2D eigenvalue weighted by atomic mass is 9.79. The van der Waals surface area contributed by atoms with Crippen molar-refractivity contribution in [3.05, 3.63) is 0 Å². The van der Waals surface area contributed by atoms with Gasteiger partial charge in [-0.25, -0.2) is 0 Å². The monoisotopic (exact) mass is 270 g/mol. The summed E-state index contributed by atoms with van der Waals surface area (Å²) in [5, 5.41) is 13.7. The summed E-state index contributed by atoms with van der Waals surface area (Å²) < 4.78 is 5.32. The van der Waals surface area contributed by atoms with Crippen LogP contribution in [0.3, 0.4) is 0 Å². The highest BCUT2D eigenvalue weighted by Gasteiger charge is 2.24. The summed E-state index contributed by atoms with van der Waals surface area (Å²) in [6, 6.07) is 0.602. The van der Waals surface area contributed by atoms with Crippen molar-refractivity contribution in [1.29, 1.82) is 0 Å². The summed E-state index contributed by atoms with van der Waals surface area (Å²) in [5.74, 6) is 1.67. The van der Waals surface area contributed by atoms with Gasteiger partial charge in [0.05, 0.1) is 19.3 Å². The van der Waals surface area contributed by atoms with Crippen LogP contribution in [-0.2, 0) is 4.74 Å². The molecule has 2 N–H and O–H groups in total. The number of nitrogens with one attached hydrogen (secondary N) is 1. The Hall–Kier alpha value is -0.160. The van der Waals surface area contributed by atoms with E-state index in [4.69, 9.17) is 4.74 Å². The van der Waals surface area contributed by atoms with Crippen molar-refractivity contribution < 1.29 is 9.84 Å². The van der Waals surface area contributed by atoms with Crippen molar-refractivity contribution in [2.45, 2.75) is 45.3 Å². The number of hydrogen-bond acceptors (Lipinski definition) is 4. The number of hydrogen-bond donors (Lipinski definition) is 2. The molecule has 4 unspecified atom stereocenters. The molecule has 0 aromatic rings. The molecule has 0 spiro atoms. The molecule has 1 saturated heterocycles. The Morgan fingerprint density at radius 2 is 1.95 bits per heavy atom. The first-order valence-electron chi connectivity index (χ1n) is 7.86. The zero-order valence-corrected chi connectivity index (χ0v) is 12.5. The van der Waals surface area contributed by atoms with E-state index in [2.05, 4.69) is 24.1 Å². The van der Waals surface area contributed by atoms with Gasteiger partial charge in [-0.3, -0.25) is 4.90 Å². The van der Waals surface area contributed by atoms with Gasteiger partial charge in [-0.1, -0.05) is 13.8 Å². The number of rotatable bonds is 5. The van der Waals surface area contributed by atoms with Crippen LogP contribution in [0, 0.1) is 11.8 Å². The van der Waals surface area contributed by atoms with Gasteiger partial charge >= 0.3 is 0 Å². The molecule has 1 aliphatic carbocycles. The number of ether oxygens (including phenoxy) is 1. The van der Waals surface area contributed by atoms with Crippen LogP contribution in [0.25, 0.3) is 0 Å². The van der Waals surface area contributed by atoms with E-state index in [0.717, 1.165) is 51.2 Å². The van der Waals surface area contributed by atoms with Gasteiger partial charge in [0, 0.05) is 32.2 Å². The SMILES string of the molecule is CC1CCC(NCC(O)CN2CCOCC2)CC1C. The zero-order chi connectivity index (χ0) is 13.7. The van der Waals surface area contributed by atoms with Crippen LogP contribution in [0.5, 0.6) is 0 Å². The van der Waals surface area contributed by atoms with Gasteiger partial charge in [0.25, 0.3) is 0 Å². The molecule has 1 aliphatic heterocycles. The van der Waals surface area contributed by atoms with Crippen LogP contribution >= 0.6 is 0 Å². The number of β-amino-alcohol motifs (C(OH)–C–C–N with tert-alkyl or cyclic N) is 1. The lowest BCUT2D eigenvalue weighted by Gasteiger charge is -2.34. The summed E-state index contributed by atoms with van der Waals surface area (Å²) in [5.41, 5.74) is 0. The molecule has 0 aromatic carbocycles. The minimum absolute atomic E-state index is 0.257. The Morgan fingerprint density at radius 1 is 1.21 bits per heavy atom. The molecule has 112 valence electrons. The summed E-state index contributed by atoms with van der Waals surface area (Å²) in [6.07, 6.45) is 3.58. The van der Waals surface area contributed by atoms with Crippen molar-refractivity contribution in [3.8, 4) is 0 Å². The number of aliphatic hydroxyl groups excluding tert-OH is 1. The highest BCUT2D eigenvalue weighted by molar-refractivity contribution is 4.81. The van der Waals surface area contributed by atoms with Crippen LogP contribution in [-0.4, -0.2) is 61.5 Å². The van der Waals surface area contributed by atoms with E-state index in [1.54, 1.807) is 0 Å². The minimum Gasteiger partial charge on any atom is -0.390 e. The van der Waals surface area contributed by atoms with E-state index in [0.29, 0.717) is 6.04 Å². The van der Waals surface area contributed by atoms with Gasteiger partial charge in [0.1, 0.15) is 0 Å². The second-order valence-electron chi connectivity index (χ2n) is 6.44. The van der Waals surface area contributed by atoms with Gasteiger partial charge in [0.15, 0.2) is 0 Å². The van der Waals surface area contributed by atoms with E-state index in [1.807, 2.05) is 0 Å². The fourth-order valence-electron chi connectivity index (χ4n) is 3.18. The molecule has 0 bridgehead atoms. The fraction of sp³-hybridized carbons (Fsp3) is 1.00. The van der Waals surface area contributed by atoms with E-state index >= 15 is 0 Å². The maximum absolute atomic E-state index is 10.1. The molecule has 1 heterocycles. The first-order valence-corrected chi connectivity index (χ1v) is 7.86. The van der Waals surface area contributed by atoms with Crippen LogP contribution < -0.4 is 5.32 Å². The molecule has 19 heavy (non-hydrogen) atoms. The van der Waals surface area contributed by atoms with Crippen molar-refractivity contribution in [2.24, 2.45) is 11.8 Å². The highest BCUT2D eigenvalue weighted by atomic mass is 16.5. The number of aliphatic hydroxyl groups is 1. The molecule has 4 atom stereocenters. The van der Waals surface area contributed by atoms with Crippen LogP contribution in [0.4, 0.5) is 0 Å². The Kier molecular flexibility index (Phi) is 6.07. The summed E-state index contributed by atoms with van der Waals surface area (Å²) >= 11 is 0. The molecule has 2 rings (SSSR count). The molecule has 4 nitrogen and oxygen atoms in total. The van der Waals surface area contributed by atoms with Crippen LogP contribution in [0.2, 0.25) is 0 Å². The second kappa shape index (κ2) is 7.58. The van der Waals surface area contributed by atoms with Crippen molar-refractivity contribution in [1.82, 2.24) is 10.2 Å². The maximum Gasteiger partial charge on any atom is 0.0791 e. The predicted molar refractivity (Wildman–Crippen MR) is 77.2 cm³/mol. The van der Waals surface area contributed by atoms with Crippen molar-refractivity contribution in [3.63, 3.8) is 0 Å². The average Bonchev–Trinajstić information content (AvgIpc) is 2.41. The smallest absolute Gasteiger partial charge is 0.0791 e. The van der Waals surface area contributed by atoms with Gasteiger partial charge < -0.3 is 15.2 Å². The Bertz CT molecular complexity index is 257. The first-order chi connectivity index (χ1) is 9.15. The first kappa shape index (κ1) is 15.2. The van der Waals surface area contributed by atoms with E-state index < -0.39 is 0 Å². The van der Waals surface area contributed by atoms with Crippen molar-refractivity contribution in [2.75, 3.05) is 39.4 Å². The Morgan fingerprint density at radius 3 is 2.63 bits per heavy atom. The van der Waals surface area contributed by atoms with Gasteiger partial charge in [-0.2, -0.15) is 0 Å². The highest BCUT2D eigenvalue weighted by Crippen LogP contribution is 2.29. The number of nitrogens with zero attached hydrogens (tertiary/aromatic N) is 1. The van der Waals surface area contributed by atoms with Crippen LogP contribution in [0.15, 0.2) is 0 Å². The van der Waals surface area contributed by atoms with Gasteiger partial charge in [0.2, 0.25) is 0 Å². The van der Waals surface area contributed by atoms with Crippen LogP contribution in [0.1, 0.15) is 33.1 Å². The summed E-state index contributed by atoms with van der Waals surface area (Å²) in [4.78, 5) is 2.29. The Balaban J connectivity index is 1.61. The zero-order valence-electron chi connectivity index (χ0n) is 12.5. The molecule has 0 amide bonds. The predicted octanol–water partition coefficient (Wildman–Crippen LogP) is 1.09. The molecule has 1 saturated carbocycles. The average molecular weight is 270 g/mol. The normalized spacial score (nSPS) is 35.2. The molecular formula is C15H30N2O2. The third kappa shape index (κ3) is 5.03. The molecule has 4 heteroatoms. The topological polar surface area (TPSA) is 44.7 Å². The van der Waals surface area contributed by atoms with E-state index in [9.17, 15) is 5.11 Å². The second-order valence-corrected chi connectivity index (χ2v) is 6.44. The van der Waals surface area contributed by atoms with Gasteiger partial charge in [-0.05, 0) is 31.1 Å². The molecule has 0 radical (unpaired) electrons. The number of morpholine rings is 1. The quantitative estimate of drug-likeness (QED) is 0.785. The summed E-state index contributed by atoms with van der Waals surface area (Å²) in [7, 11) is 0.